The third kappa shape index (κ3) is 11.1. The summed E-state index contributed by atoms with van der Waals surface area (Å²) in [6, 6.07) is -1.05. The van der Waals surface area contributed by atoms with Crippen molar-refractivity contribution >= 4 is 36.1 Å². The number of hydrogen-bond donors (Lipinski definition) is 0. The van der Waals surface area contributed by atoms with E-state index in [0.29, 0.717) is 19.3 Å². The van der Waals surface area contributed by atoms with Crippen LogP contribution < -0.4 is 0 Å². The van der Waals surface area contributed by atoms with Gasteiger partial charge in [-0.3, -0.25) is 38.6 Å². The Balaban J connectivity index is 2.05. The van der Waals surface area contributed by atoms with Crippen LogP contribution >= 0.6 is 0 Å². The minimum absolute atomic E-state index is 0.0217. The van der Waals surface area contributed by atoms with E-state index in [0.717, 1.165) is 35.5 Å². The van der Waals surface area contributed by atoms with Crippen molar-refractivity contribution in [2.45, 2.75) is 84.2 Å². The summed E-state index contributed by atoms with van der Waals surface area (Å²) in [6.07, 6.45) is 11.0. The van der Waals surface area contributed by atoms with Crippen LogP contribution in [0.25, 0.3) is 0 Å². The predicted octanol–water partition coefficient (Wildman–Crippen LogP) is 2.46. The van der Waals surface area contributed by atoms with Crippen molar-refractivity contribution in [1.29, 1.82) is 0 Å². The molecule has 0 aromatic carbocycles. The molecule has 0 radical (unpaired) electrons. The first kappa shape index (κ1) is 29.7. The number of ether oxygens (including phenoxy) is 2. The van der Waals surface area contributed by atoms with E-state index in [-0.39, 0.29) is 38.0 Å². The normalized spacial score (nSPS) is 14.8. The number of rotatable bonds is 17. The predicted molar refractivity (Wildman–Crippen MR) is 126 cm³/mol. The van der Waals surface area contributed by atoms with Crippen LogP contribution in [0.4, 0.5) is 0 Å². The van der Waals surface area contributed by atoms with Crippen LogP contribution in [0.3, 0.4) is 0 Å². The van der Waals surface area contributed by atoms with Crippen molar-refractivity contribution in [3.63, 3.8) is 0 Å². The van der Waals surface area contributed by atoms with E-state index in [1.165, 1.54) is 24.3 Å². The number of amides is 4. The summed E-state index contributed by atoms with van der Waals surface area (Å²) in [5, 5.41) is 0. The summed E-state index contributed by atoms with van der Waals surface area (Å²) in [5.41, 5.74) is 0. The first-order valence-corrected chi connectivity index (χ1v) is 12.0. The number of unbranched alkanes of at least 4 members (excludes halogenated alkanes) is 5. The Labute approximate surface area is 206 Å². The van der Waals surface area contributed by atoms with E-state index in [4.69, 9.17) is 9.47 Å². The Kier molecular flexibility index (Phi) is 13.9. The van der Waals surface area contributed by atoms with Gasteiger partial charge in [-0.05, 0) is 39.7 Å². The standard InChI is InChI=1S/C25H36N2O8/c1-4-11-21(29)26(18-28)19(2)16-34-24(32)12-9-7-5-6-8-10-13-25(33)35-17-20(3)27-22(30)14-15-23(27)31/h4,11,14-15,18-20H,5-10,12-13,16-17H2,1-3H3/b11-4-. The van der Waals surface area contributed by atoms with Crippen molar-refractivity contribution in [2.24, 2.45) is 0 Å². The van der Waals surface area contributed by atoms with Gasteiger partial charge in [-0.2, -0.15) is 0 Å². The van der Waals surface area contributed by atoms with E-state index in [1.807, 2.05) is 0 Å². The highest BCUT2D eigenvalue weighted by molar-refractivity contribution is 6.13. The van der Waals surface area contributed by atoms with Gasteiger partial charge in [0.2, 0.25) is 6.41 Å². The minimum atomic E-state index is -0.544. The van der Waals surface area contributed by atoms with Gasteiger partial charge in [0.1, 0.15) is 13.2 Å². The van der Waals surface area contributed by atoms with Crippen molar-refractivity contribution < 1.29 is 38.2 Å². The summed E-state index contributed by atoms with van der Waals surface area (Å²) in [5.74, 6) is -1.99. The maximum Gasteiger partial charge on any atom is 0.305 e. The second-order valence-electron chi connectivity index (χ2n) is 8.42. The van der Waals surface area contributed by atoms with Gasteiger partial charge in [-0.25, -0.2) is 0 Å². The Morgan fingerprint density at radius 2 is 1.37 bits per heavy atom. The van der Waals surface area contributed by atoms with Crippen LogP contribution in [-0.2, 0) is 38.2 Å². The molecule has 194 valence electrons. The zero-order valence-electron chi connectivity index (χ0n) is 20.8. The van der Waals surface area contributed by atoms with E-state index in [2.05, 4.69) is 0 Å². The number of imide groups is 2. The lowest BCUT2D eigenvalue weighted by Crippen LogP contribution is -2.41. The average molecular weight is 493 g/mol. The number of allylic oxidation sites excluding steroid dienone is 1. The van der Waals surface area contributed by atoms with E-state index < -0.39 is 29.8 Å². The van der Waals surface area contributed by atoms with Gasteiger partial charge in [0, 0.05) is 25.0 Å². The quantitative estimate of drug-likeness (QED) is 0.0996. The maximum absolute atomic E-state index is 11.9. The molecule has 0 saturated carbocycles. The van der Waals surface area contributed by atoms with Gasteiger partial charge in [0.05, 0.1) is 12.1 Å². The molecule has 0 aliphatic carbocycles. The zero-order chi connectivity index (χ0) is 26.2. The molecular weight excluding hydrogens is 456 g/mol. The van der Waals surface area contributed by atoms with Crippen LogP contribution in [0.2, 0.25) is 0 Å². The van der Waals surface area contributed by atoms with Gasteiger partial charge in [-0.1, -0.05) is 31.8 Å². The van der Waals surface area contributed by atoms with Gasteiger partial charge >= 0.3 is 11.9 Å². The molecule has 10 nitrogen and oxygen atoms in total. The van der Waals surface area contributed by atoms with Gasteiger partial charge in [0.25, 0.3) is 17.7 Å². The third-order valence-corrected chi connectivity index (χ3v) is 5.42. The molecule has 35 heavy (non-hydrogen) atoms. The number of esters is 2. The number of carbonyl (C=O) groups is 6. The molecule has 1 rings (SSSR count). The largest absolute Gasteiger partial charge is 0.463 e. The van der Waals surface area contributed by atoms with Crippen LogP contribution in [0, 0.1) is 0 Å². The Bertz CT molecular complexity index is 802. The molecule has 1 aliphatic heterocycles. The Hall–Kier alpha value is -3.30. The molecule has 0 spiro atoms. The lowest BCUT2D eigenvalue weighted by Gasteiger charge is -2.21. The number of hydrogen-bond acceptors (Lipinski definition) is 8. The van der Waals surface area contributed by atoms with Gasteiger partial charge in [0.15, 0.2) is 0 Å². The first-order valence-electron chi connectivity index (χ1n) is 12.0. The molecule has 0 bridgehead atoms. The average Bonchev–Trinajstić information content (AvgIpc) is 3.16. The van der Waals surface area contributed by atoms with Crippen LogP contribution in [0.1, 0.15) is 72.1 Å². The fraction of sp³-hybridized carbons (Fsp3) is 0.600. The third-order valence-electron chi connectivity index (χ3n) is 5.42. The molecule has 10 heteroatoms. The molecule has 1 aliphatic rings. The van der Waals surface area contributed by atoms with Crippen molar-refractivity contribution in [2.75, 3.05) is 13.2 Å². The monoisotopic (exact) mass is 492 g/mol. The lowest BCUT2D eigenvalue weighted by atomic mass is 10.1. The first-order chi connectivity index (χ1) is 16.7. The molecule has 0 fully saturated rings. The van der Waals surface area contributed by atoms with Crippen molar-refractivity contribution in [1.82, 2.24) is 9.80 Å². The van der Waals surface area contributed by atoms with Crippen LogP contribution in [0.5, 0.6) is 0 Å². The summed E-state index contributed by atoms with van der Waals surface area (Å²) in [7, 11) is 0. The molecular formula is C25H36N2O8. The molecule has 0 saturated heterocycles. The highest BCUT2D eigenvalue weighted by Gasteiger charge is 2.29. The highest BCUT2D eigenvalue weighted by atomic mass is 16.5. The molecule has 1 heterocycles. The van der Waals surface area contributed by atoms with Gasteiger partial charge in [-0.15, -0.1) is 0 Å². The van der Waals surface area contributed by atoms with E-state index in [1.54, 1.807) is 20.8 Å². The molecule has 4 amide bonds. The van der Waals surface area contributed by atoms with Crippen LogP contribution in [0.15, 0.2) is 24.3 Å². The molecule has 0 aromatic heterocycles. The maximum atomic E-state index is 11.9. The molecule has 2 atom stereocenters. The van der Waals surface area contributed by atoms with E-state index >= 15 is 0 Å². The fourth-order valence-corrected chi connectivity index (χ4v) is 3.42. The molecule has 0 aromatic rings. The zero-order valence-corrected chi connectivity index (χ0v) is 20.8. The SMILES string of the molecule is C/C=C\C(=O)N(C=O)C(C)COC(=O)CCCCCCCCC(=O)OCC(C)N1C(=O)C=CC1=O. The summed E-state index contributed by atoms with van der Waals surface area (Å²) >= 11 is 0. The molecule has 2 unspecified atom stereocenters. The lowest BCUT2D eigenvalue weighted by molar-refractivity contribution is -0.150. The topological polar surface area (TPSA) is 127 Å². The Morgan fingerprint density at radius 1 is 0.886 bits per heavy atom. The number of nitrogens with zero attached hydrogens (tertiary/aromatic N) is 2. The summed E-state index contributed by atoms with van der Waals surface area (Å²) in [6.45, 7) is 4.89. The van der Waals surface area contributed by atoms with Crippen LogP contribution in [-0.4, -0.2) is 71.2 Å². The molecule has 0 N–H and O–H groups in total. The smallest absolute Gasteiger partial charge is 0.305 e. The summed E-state index contributed by atoms with van der Waals surface area (Å²) < 4.78 is 10.3. The van der Waals surface area contributed by atoms with Gasteiger partial charge < -0.3 is 9.47 Å². The van der Waals surface area contributed by atoms with Crippen molar-refractivity contribution in [3.8, 4) is 0 Å². The highest BCUT2D eigenvalue weighted by Crippen LogP contribution is 2.12. The fourth-order valence-electron chi connectivity index (χ4n) is 3.42. The second kappa shape index (κ2) is 16.3. The summed E-state index contributed by atoms with van der Waals surface area (Å²) in [4.78, 5) is 71.8. The number of carbonyl (C=O) groups excluding carboxylic acids is 6. The minimum Gasteiger partial charge on any atom is -0.463 e. The van der Waals surface area contributed by atoms with Crippen molar-refractivity contribution in [3.05, 3.63) is 24.3 Å². The van der Waals surface area contributed by atoms with E-state index in [9.17, 15) is 28.8 Å². The Morgan fingerprint density at radius 3 is 1.86 bits per heavy atom. The second-order valence-corrected chi connectivity index (χ2v) is 8.42.